The second-order valence-corrected chi connectivity index (χ2v) is 14.1. The van der Waals surface area contributed by atoms with Crippen molar-refractivity contribution in [3.05, 3.63) is 58.5 Å². The zero-order valence-corrected chi connectivity index (χ0v) is 27.0. The molecule has 11 heteroatoms. The molecule has 3 atom stereocenters. The van der Waals surface area contributed by atoms with E-state index in [0.29, 0.717) is 17.0 Å². The number of hydrogen-bond donors (Lipinski definition) is 4. The molecule has 4 N–H and O–H groups in total. The molecule has 1 aliphatic carbocycles. The quantitative estimate of drug-likeness (QED) is 0.221. The molecule has 44 heavy (non-hydrogen) atoms. The summed E-state index contributed by atoms with van der Waals surface area (Å²) in [7, 11) is 3.32. The predicted octanol–water partition coefficient (Wildman–Crippen LogP) is 5.05. The third-order valence-corrected chi connectivity index (χ3v) is 9.15. The predicted molar refractivity (Wildman–Crippen MR) is 171 cm³/mol. The molecule has 5 rings (SSSR count). The Morgan fingerprint density at radius 3 is 2.73 bits per heavy atom. The number of amides is 1. The Kier molecular flexibility index (Phi) is 9.89. The van der Waals surface area contributed by atoms with Crippen molar-refractivity contribution in [2.75, 3.05) is 32.6 Å². The number of benzene rings is 1. The molecule has 1 amide bonds. The molecule has 0 radical (unpaired) electrons. The van der Waals surface area contributed by atoms with Crippen LogP contribution in [0.3, 0.4) is 0 Å². The molecule has 1 saturated carbocycles. The molecule has 238 valence electrons. The number of fused-ring (bicyclic) bond motifs is 1. The summed E-state index contributed by atoms with van der Waals surface area (Å²) in [6, 6.07) is 6.25. The number of pyridine rings is 1. The number of nitrogens with zero attached hydrogens (tertiary/aromatic N) is 2. The van der Waals surface area contributed by atoms with E-state index < -0.39 is 12.1 Å². The molecule has 1 fully saturated rings. The van der Waals surface area contributed by atoms with Crippen LogP contribution in [0.1, 0.15) is 69.3 Å². The minimum Gasteiger partial charge on any atom is -0.483 e. The number of aromatic nitrogens is 2. The van der Waals surface area contributed by atoms with E-state index in [1.807, 2.05) is 7.05 Å². The van der Waals surface area contributed by atoms with Gasteiger partial charge in [0.15, 0.2) is 11.6 Å². The van der Waals surface area contributed by atoms with Crippen molar-refractivity contribution >= 4 is 23.1 Å². The number of aliphatic hydroxyl groups is 1. The Labute approximate surface area is 263 Å². The average molecular weight is 626 g/mol. The van der Waals surface area contributed by atoms with E-state index in [1.165, 1.54) is 24.5 Å². The number of methoxy groups -OCH3 is 1. The first kappa shape index (κ1) is 32.3. The highest BCUT2D eigenvalue weighted by Gasteiger charge is 2.47. The van der Waals surface area contributed by atoms with Crippen LogP contribution in [0.2, 0.25) is 0 Å². The van der Waals surface area contributed by atoms with Crippen LogP contribution in [0, 0.1) is 11.2 Å². The Morgan fingerprint density at radius 2 is 2.09 bits per heavy atom. The van der Waals surface area contributed by atoms with E-state index in [4.69, 9.17) is 14.5 Å². The van der Waals surface area contributed by atoms with Gasteiger partial charge in [-0.1, -0.05) is 26.8 Å². The molecule has 1 aliphatic heterocycles. The normalized spacial score (nSPS) is 18.6. The van der Waals surface area contributed by atoms with E-state index in [0.717, 1.165) is 60.5 Å². The molecule has 0 unspecified atom stereocenters. The molecule has 0 saturated heterocycles. The van der Waals surface area contributed by atoms with Crippen LogP contribution in [-0.4, -0.2) is 66.0 Å². The monoisotopic (exact) mass is 625 g/mol. The molecule has 2 aliphatic rings. The number of aliphatic hydroxyl groups excluding tert-OH is 1. The van der Waals surface area contributed by atoms with E-state index in [1.54, 1.807) is 23.7 Å². The fourth-order valence-corrected chi connectivity index (χ4v) is 6.77. The summed E-state index contributed by atoms with van der Waals surface area (Å²) in [6.45, 7) is 6.68. The van der Waals surface area contributed by atoms with Crippen LogP contribution in [0.4, 0.5) is 10.2 Å². The van der Waals surface area contributed by atoms with Gasteiger partial charge in [-0.05, 0) is 61.3 Å². The number of halogens is 1. The molecule has 0 bridgehead atoms. The maximum atomic E-state index is 14.7. The van der Waals surface area contributed by atoms with Gasteiger partial charge in [-0.25, -0.2) is 14.4 Å². The molecule has 9 nitrogen and oxygen atoms in total. The van der Waals surface area contributed by atoms with Crippen LogP contribution in [0.15, 0.2) is 35.8 Å². The fourth-order valence-electron chi connectivity index (χ4n) is 6.12. The Hall–Kier alpha value is -3.12. The SMILES string of the molecule is CNc1nc(CC(C)(C)C)cc2c1OC1(CCC1)C[C@@H]2NC[C@@H](O)[C@H](Cc1ccc(F)c(-c2nccs2)c1)NC(=O)COC. The molecule has 1 aromatic carbocycles. The second kappa shape index (κ2) is 13.5. The second-order valence-electron chi connectivity index (χ2n) is 13.2. The van der Waals surface area contributed by atoms with Crippen LogP contribution in [-0.2, 0) is 22.4 Å². The number of nitrogens with one attached hydrogen (secondary N) is 3. The lowest BCUT2D eigenvalue weighted by atomic mass is 9.72. The van der Waals surface area contributed by atoms with Crippen molar-refractivity contribution in [1.29, 1.82) is 0 Å². The number of ether oxygens (including phenoxy) is 2. The van der Waals surface area contributed by atoms with Crippen molar-refractivity contribution in [3.8, 4) is 16.3 Å². The zero-order chi connectivity index (χ0) is 31.5. The standard InChI is InChI=1S/C33H44FN5O4S/c1-32(2,3)16-21-15-23-26(17-33(9-6-10-33)43-29(23)30(35-4)38-21)37-18-27(40)25(39-28(41)19-42-5)14-20-7-8-24(34)22(13-20)31-36-11-12-44-31/h7-8,11-13,15,25-27,37,40H,6,9-10,14,16-19H2,1-5H3,(H,35,38)(H,39,41)/t25-,26-,27+/m0/s1. The van der Waals surface area contributed by atoms with Crippen LogP contribution in [0.5, 0.6) is 5.75 Å². The van der Waals surface area contributed by atoms with Gasteiger partial charge in [0.1, 0.15) is 23.0 Å². The number of carbonyl (C=O) groups excluding carboxylic acids is 1. The topological polar surface area (TPSA) is 118 Å². The van der Waals surface area contributed by atoms with Gasteiger partial charge in [0.25, 0.3) is 0 Å². The molecule has 3 heterocycles. The van der Waals surface area contributed by atoms with Gasteiger partial charge in [-0.3, -0.25) is 4.79 Å². The lowest BCUT2D eigenvalue weighted by molar-refractivity contribution is -0.126. The van der Waals surface area contributed by atoms with Crippen molar-refractivity contribution in [2.24, 2.45) is 5.41 Å². The van der Waals surface area contributed by atoms with E-state index >= 15 is 0 Å². The van der Waals surface area contributed by atoms with E-state index in [-0.39, 0.29) is 41.9 Å². The molecule has 3 aromatic rings. The first-order valence-corrected chi connectivity index (χ1v) is 16.2. The smallest absolute Gasteiger partial charge is 0.246 e. The number of anilines is 1. The average Bonchev–Trinajstić information content (AvgIpc) is 3.49. The van der Waals surface area contributed by atoms with Crippen molar-refractivity contribution < 1.29 is 23.8 Å². The van der Waals surface area contributed by atoms with Crippen LogP contribution in [0.25, 0.3) is 10.6 Å². The molecular weight excluding hydrogens is 581 g/mol. The van der Waals surface area contributed by atoms with Crippen molar-refractivity contribution in [2.45, 2.75) is 83.1 Å². The number of thiazole rings is 1. The minimum atomic E-state index is -0.938. The van der Waals surface area contributed by atoms with E-state index in [9.17, 15) is 14.3 Å². The molecule has 1 spiro atoms. The summed E-state index contributed by atoms with van der Waals surface area (Å²) in [4.78, 5) is 21.8. The van der Waals surface area contributed by atoms with Gasteiger partial charge in [0.05, 0.1) is 12.1 Å². The summed E-state index contributed by atoms with van der Waals surface area (Å²) in [5.74, 6) is 0.807. The zero-order valence-electron chi connectivity index (χ0n) is 26.2. The first-order chi connectivity index (χ1) is 21.0. The number of hydrogen-bond acceptors (Lipinski definition) is 9. The molecular formula is C33H44FN5O4S. The van der Waals surface area contributed by atoms with Crippen LogP contribution < -0.4 is 20.7 Å². The lowest BCUT2D eigenvalue weighted by Gasteiger charge is -2.48. The Balaban J connectivity index is 1.38. The summed E-state index contributed by atoms with van der Waals surface area (Å²) in [5, 5.41) is 23.7. The lowest BCUT2D eigenvalue weighted by Crippen LogP contribution is -2.52. The summed E-state index contributed by atoms with van der Waals surface area (Å²) < 4.78 is 26.3. The summed E-state index contributed by atoms with van der Waals surface area (Å²) >= 11 is 1.36. The van der Waals surface area contributed by atoms with Crippen LogP contribution >= 0.6 is 11.3 Å². The van der Waals surface area contributed by atoms with Gasteiger partial charge in [0, 0.05) is 61.6 Å². The molecule has 2 aromatic heterocycles. The maximum Gasteiger partial charge on any atom is 0.246 e. The highest BCUT2D eigenvalue weighted by Crippen LogP contribution is 2.51. The van der Waals surface area contributed by atoms with Gasteiger partial charge < -0.3 is 30.5 Å². The Morgan fingerprint density at radius 1 is 1.30 bits per heavy atom. The third kappa shape index (κ3) is 7.56. The first-order valence-electron chi connectivity index (χ1n) is 15.3. The summed E-state index contributed by atoms with van der Waals surface area (Å²) in [6.07, 6.45) is 5.65. The van der Waals surface area contributed by atoms with Gasteiger partial charge in [0.2, 0.25) is 5.91 Å². The number of carbonyl (C=O) groups is 1. The minimum absolute atomic E-state index is 0.0590. The highest BCUT2D eigenvalue weighted by molar-refractivity contribution is 7.13. The van der Waals surface area contributed by atoms with Gasteiger partial charge in [-0.15, -0.1) is 11.3 Å². The van der Waals surface area contributed by atoms with E-state index in [2.05, 4.69) is 47.8 Å². The van der Waals surface area contributed by atoms with Gasteiger partial charge in [-0.2, -0.15) is 0 Å². The Bertz CT molecular complexity index is 1440. The fraction of sp³-hybridized carbons (Fsp3) is 0.545. The largest absolute Gasteiger partial charge is 0.483 e. The number of rotatable bonds is 12. The highest BCUT2D eigenvalue weighted by atomic mass is 32.1. The van der Waals surface area contributed by atoms with Crippen molar-refractivity contribution in [3.63, 3.8) is 0 Å². The third-order valence-electron chi connectivity index (χ3n) is 8.35. The van der Waals surface area contributed by atoms with Crippen molar-refractivity contribution in [1.82, 2.24) is 20.6 Å². The van der Waals surface area contributed by atoms with Gasteiger partial charge >= 0.3 is 0 Å². The summed E-state index contributed by atoms with van der Waals surface area (Å²) in [5.41, 5.74) is 3.00. The maximum absolute atomic E-state index is 14.7.